The van der Waals surface area contributed by atoms with Gasteiger partial charge in [-0.3, -0.25) is 4.57 Å². The van der Waals surface area contributed by atoms with Gasteiger partial charge in [-0.1, -0.05) is 12.1 Å². The van der Waals surface area contributed by atoms with E-state index in [0.717, 1.165) is 29.8 Å². The largest absolute Gasteiger partial charge is 0.330 e. The van der Waals surface area contributed by atoms with Gasteiger partial charge in [0.15, 0.2) is 0 Å². The summed E-state index contributed by atoms with van der Waals surface area (Å²) in [4.78, 5) is 14.3. The molecule has 0 aliphatic heterocycles. The smallest absolute Gasteiger partial charge is 0.321 e. The van der Waals surface area contributed by atoms with E-state index in [1.54, 1.807) is 10.8 Å². The Balaban J connectivity index is 2.03. The molecule has 1 aliphatic carbocycles. The molecule has 17 heavy (non-hydrogen) atoms. The van der Waals surface area contributed by atoms with Crippen LogP contribution >= 0.6 is 0 Å². The van der Waals surface area contributed by atoms with E-state index in [9.17, 15) is 4.79 Å². The summed E-state index contributed by atoms with van der Waals surface area (Å²) in [6.45, 7) is 1.90. The third kappa shape index (κ3) is 1.61. The maximum absolute atomic E-state index is 11.6. The van der Waals surface area contributed by atoms with Crippen LogP contribution in [0, 0.1) is 6.92 Å². The third-order valence-corrected chi connectivity index (χ3v) is 3.45. The summed E-state index contributed by atoms with van der Waals surface area (Å²) >= 11 is 0. The summed E-state index contributed by atoms with van der Waals surface area (Å²) < 4.78 is 1.65. The first-order chi connectivity index (χ1) is 8.10. The van der Waals surface area contributed by atoms with E-state index in [2.05, 4.69) is 4.98 Å². The number of H-pyrrole nitrogens is 1. The molecule has 1 heterocycles. The minimum atomic E-state index is -0.114. The number of hydrogen-bond donors (Lipinski definition) is 2. The molecule has 4 nitrogen and oxygen atoms in total. The van der Waals surface area contributed by atoms with Crippen molar-refractivity contribution in [1.29, 1.82) is 0 Å². The fourth-order valence-electron chi connectivity index (χ4n) is 2.14. The highest BCUT2D eigenvalue weighted by molar-refractivity contribution is 5.40. The summed E-state index contributed by atoms with van der Waals surface area (Å²) in [5.74, 6) is 0. The SMILES string of the molecule is Cc1c[nH]c(=O)n1-c1ccc(C2(N)CC2)cc1. The summed E-state index contributed by atoms with van der Waals surface area (Å²) in [6.07, 6.45) is 3.81. The highest BCUT2D eigenvalue weighted by atomic mass is 16.1. The fourth-order valence-corrected chi connectivity index (χ4v) is 2.14. The molecule has 1 saturated carbocycles. The van der Waals surface area contributed by atoms with Crippen molar-refractivity contribution in [3.05, 3.63) is 52.2 Å². The lowest BCUT2D eigenvalue weighted by atomic mass is 10.1. The van der Waals surface area contributed by atoms with Crippen LogP contribution in [0.3, 0.4) is 0 Å². The second-order valence-corrected chi connectivity index (χ2v) is 4.77. The zero-order valence-corrected chi connectivity index (χ0v) is 9.73. The van der Waals surface area contributed by atoms with Gasteiger partial charge in [0.05, 0.1) is 5.69 Å². The van der Waals surface area contributed by atoms with Gasteiger partial charge in [-0.2, -0.15) is 0 Å². The lowest BCUT2D eigenvalue weighted by molar-refractivity contribution is 0.739. The van der Waals surface area contributed by atoms with Crippen molar-refractivity contribution in [2.75, 3.05) is 0 Å². The number of aromatic nitrogens is 2. The monoisotopic (exact) mass is 229 g/mol. The lowest BCUT2D eigenvalue weighted by Crippen LogP contribution is -2.19. The number of aromatic amines is 1. The topological polar surface area (TPSA) is 63.8 Å². The molecule has 0 atom stereocenters. The van der Waals surface area contributed by atoms with Crippen LogP contribution in [0.15, 0.2) is 35.3 Å². The van der Waals surface area contributed by atoms with Crippen molar-refractivity contribution < 1.29 is 0 Å². The van der Waals surface area contributed by atoms with Crippen molar-refractivity contribution in [2.24, 2.45) is 5.73 Å². The second-order valence-electron chi connectivity index (χ2n) is 4.77. The molecule has 4 heteroatoms. The molecule has 0 radical (unpaired) electrons. The number of rotatable bonds is 2. The fraction of sp³-hybridized carbons (Fsp3) is 0.308. The number of imidazole rings is 1. The number of hydrogen-bond acceptors (Lipinski definition) is 2. The number of nitrogens with zero attached hydrogens (tertiary/aromatic N) is 1. The predicted octanol–water partition coefficient (Wildman–Crippen LogP) is 1.42. The Hall–Kier alpha value is -1.81. The van der Waals surface area contributed by atoms with Gasteiger partial charge in [-0.25, -0.2) is 4.79 Å². The van der Waals surface area contributed by atoms with Crippen LogP contribution < -0.4 is 11.4 Å². The summed E-state index contributed by atoms with van der Waals surface area (Å²) in [6, 6.07) is 7.93. The van der Waals surface area contributed by atoms with E-state index < -0.39 is 0 Å². The first-order valence-electron chi connectivity index (χ1n) is 5.77. The Morgan fingerprint density at radius 3 is 2.41 bits per heavy atom. The summed E-state index contributed by atoms with van der Waals surface area (Å²) in [5, 5.41) is 0. The molecule has 0 amide bonds. The van der Waals surface area contributed by atoms with Crippen LogP contribution in [0.4, 0.5) is 0 Å². The minimum Gasteiger partial charge on any atom is -0.321 e. The Kier molecular flexibility index (Phi) is 2.03. The Morgan fingerprint density at radius 2 is 1.94 bits per heavy atom. The maximum atomic E-state index is 11.6. The normalized spacial score (nSPS) is 17.1. The number of benzene rings is 1. The number of nitrogens with one attached hydrogen (secondary N) is 1. The molecule has 1 aromatic heterocycles. The second kappa shape index (κ2) is 3.34. The van der Waals surface area contributed by atoms with Crippen LogP contribution in [-0.4, -0.2) is 9.55 Å². The van der Waals surface area contributed by atoms with Gasteiger partial charge in [0.2, 0.25) is 0 Å². The van der Waals surface area contributed by atoms with Gasteiger partial charge in [0.1, 0.15) is 0 Å². The van der Waals surface area contributed by atoms with Crippen molar-refractivity contribution >= 4 is 0 Å². The molecule has 1 aromatic carbocycles. The van der Waals surface area contributed by atoms with Gasteiger partial charge < -0.3 is 10.7 Å². The zero-order valence-electron chi connectivity index (χ0n) is 9.73. The Morgan fingerprint density at radius 1 is 1.29 bits per heavy atom. The van der Waals surface area contributed by atoms with E-state index in [0.29, 0.717) is 0 Å². The van der Waals surface area contributed by atoms with E-state index in [1.165, 1.54) is 0 Å². The van der Waals surface area contributed by atoms with Crippen LogP contribution in [0.1, 0.15) is 24.1 Å². The predicted molar refractivity (Wildman–Crippen MR) is 66.2 cm³/mol. The highest BCUT2D eigenvalue weighted by Gasteiger charge is 2.39. The van der Waals surface area contributed by atoms with E-state index in [-0.39, 0.29) is 11.2 Å². The van der Waals surface area contributed by atoms with Crippen molar-refractivity contribution in [1.82, 2.24) is 9.55 Å². The average molecular weight is 229 g/mol. The Bertz CT molecular complexity index is 602. The molecule has 0 bridgehead atoms. The van der Waals surface area contributed by atoms with Crippen molar-refractivity contribution in [2.45, 2.75) is 25.3 Å². The van der Waals surface area contributed by atoms with Crippen molar-refractivity contribution in [3.8, 4) is 5.69 Å². The van der Waals surface area contributed by atoms with Crippen LogP contribution in [0.25, 0.3) is 5.69 Å². The third-order valence-electron chi connectivity index (χ3n) is 3.45. The molecule has 2 aromatic rings. The van der Waals surface area contributed by atoms with E-state index >= 15 is 0 Å². The van der Waals surface area contributed by atoms with E-state index in [1.807, 2.05) is 31.2 Å². The summed E-state index contributed by atoms with van der Waals surface area (Å²) in [5.41, 5.74) is 8.83. The van der Waals surface area contributed by atoms with Crippen molar-refractivity contribution in [3.63, 3.8) is 0 Å². The van der Waals surface area contributed by atoms with Gasteiger partial charge in [0, 0.05) is 17.4 Å². The molecule has 3 rings (SSSR count). The lowest BCUT2D eigenvalue weighted by Gasteiger charge is -2.10. The molecule has 3 N–H and O–H groups in total. The minimum absolute atomic E-state index is 0.107. The Labute approximate surface area is 99.1 Å². The average Bonchev–Trinajstić information content (AvgIpc) is 2.98. The molecular weight excluding hydrogens is 214 g/mol. The van der Waals surface area contributed by atoms with Gasteiger partial charge in [-0.15, -0.1) is 0 Å². The molecule has 0 unspecified atom stereocenters. The van der Waals surface area contributed by atoms with Crippen LogP contribution in [-0.2, 0) is 5.54 Å². The first-order valence-corrected chi connectivity index (χ1v) is 5.77. The first kappa shape index (κ1) is 10.4. The molecule has 88 valence electrons. The van der Waals surface area contributed by atoms with Crippen LogP contribution in [0.2, 0.25) is 0 Å². The molecule has 1 fully saturated rings. The van der Waals surface area contributed by atoms with E-state index in [4.69, 9.17) is 5.73 Å². The summed E-state index contributed by atoms with van der Waals surface area (Å²) in [7, 11) is 0. The molecule has 0 spiro atoms. The number of aryl methyl sites for hydroxylation is 1. The molecule has 1 aliphatic rings. The van der Waals surface area contributed by atoms with Gasteiger partial charge >= 0.3 is 5.69 Å². The van der Waals surface area contributed by atoms with Crippen LogP contribution in [0.5, 0.6) is 0 Å². The number of nitrogens with two attached hydrogens (primary N) is 1. The standard InChI is InChI=1S/C13H15N3O/c1-9-8-15-12(17)16(9)11-4-2-10(3-5-11)13(14)6-7-13/h2-5,8H,6-7,14H2,1H3,(H,15,17). The maximum Gasteiger partial charge on any atom is 0.330 e. The zero-order chi connectivity index (χ0) is 12.0. The quantitative estimate of drug-likeness (QED) is 0.818. The molecular formula is C13H15N3O. The van der Waals surface area contributed by atoms with Gasteiger partial charge in [-0.05, 0) is 37.5 Å². The van der Waals surface area contributed by atoms with Gasteiger partial charge in [0.25, 0.3) is 0 Å². The molecule has 0 saturated heterocycles. The highest BCUT2D eigenvalue weighted by Crippen LogP contribution is 2.42.